The number of halogens is 4. The number of nitrogens with zero attached hydrogens (tertiary/aromatic N) is 5. The molecule has 0 bridgehead atoms. The minimum atomic E-state index is -4.47. The number of methoxy groups -OCH3 is 1. The highest BCUT2D eigenvalue weighted by Crippen LogP contribution is 2.30. The third-order valence-corrected chi connectivity index (χ3v) is 7.25. The van der Waals surface area contributed by atoms with Crippen molar-refractivity contribution in [2.75, 3.05) is 47.8 Å². The van der Waals surface area contributed by atoms with Crippen LogP contribution in [0.1, 0.15) is 17.5 Å². The van der Waals surface area contributed by atoms with Gasteiger partial charge in [0.1, 0.15) is 17.7 Å². The molecule has 0 aliphatic carbocycles. The highest BCUT2D eigenvalue weighted by atomic mass is 32.2. The molecule has 4 rings (SSSR count). The van der Waals surface area contributed by atoms with E-state index in [9.17, 15) is 31.2 Å². The predicted molar refractivity (Wildman–Crippen MR) is 131 cm³/mol. The molecule has 200 valence electrons. The number of nitrogens with one attached hydrogen (secondary N) is 1. The Hall–Kier alpha value is -4.12. The van der Waals surface area contributed by atoms with E-state index in [0.717, 1.165) is 18.3 Å². The van der Waals surface area contributed by atoms with E-state index < -0.39 is 27.6 Å². The molecule has 0 amide bonds. The average molecular weight is 551 g/mol. The summed E-state index contributed by atoms with van der Waals surface area (Å²) in [5.41, 5.74) is -0.687. The first kappa shape index (κ1) is 26.9. The molecule has 3 heterocycles. The molecule has 2 aromatic heterocycles. The molecule has 9 nitrogen and oxygen atoms in total. The van der Waals surface area contributed by atoms with E-state index in [0.29, 0.717) is 44.2 Å². The van der Waals surface area contributed by atoms with Crippen LogP contribution in [0.3, 0.4) is 0 Å². The quantitative estimate of drug-likeness (QED) is 0.458. The first-order chi connectivity index (χ1) is 18.0. The number of anilines is 3. The lowest BCUT2D eigenvalue weighted by molar-refractivity contribution is -0.137. The highest BCUT2D eigenvalue weighted by Gasteiger charge is 2.31. The lowest BCUT2D eigenvalue weighted by atomic mass is 10.2. The van der Waals surface area contributed by atoms with Crippen molar-refractivity contribution in [1.82, 2.24) is 9.97 Å². The molecular formula is C24H22F4N6O3S. The van der Waals surface area contributed by atoms with E-state index in [1.807, 2.05) is 15.9 Å². The number of nitriles is 1. The Labute approximate surface area is 216 Å². The Balaban J connectivity index is 1.48. The summed E-state index contributed by atoms with van der Waals surface area (Å²) < 4.78 is 85.0. The number of ether oxygens (including phenoxy) is 1. The number of rotatable bonds is 6. The Bertz CT molecular complexity index is 1460. The fourth-order valence-corrected chi connectivity index (χ4v) is 5.02. The van der Waals surface area contributed by atoms with Gasteiger partial charge in [0, 0.05) is 32.4 Å². The van der Waals surface area contributed by atoms with Crippen LogP contribution in [-0.2, 0) is 16.2 Å². The second-order valence-corrected chi connectivity index (χ2v) is 10.0. The second kappa shape index (κ2) is 10.7. The molecule has 1 saturated heterocycles. The van der Waals surface area contributed by atoms with E-state index in [4.69, 9.17) is 4.74 Å². The minimum absolute atomic E-state index is 0.0203. The standard InChI is InChI=1S/C24H22F4N6O3S/c1-37-21-5-4-19(12-20(21)25)38(35,36)32-18-11-16(13-29)23(31-15-18)34-8-2-7-33(9-10-34)22-6-3-17(14-30-22)24(26,27)28/h3-6,11-12,14-15,32H,2,7-10H2,1H3. The Morgan fingerprint density at radius 3 is 2.39 bits per heavy atom. The molecule has 0 saturated carbocycles. The summed E-state index contributed by atoms with van der Waals surface area (Å²) in [5, 5.41) is 9.71. The summed E-state index contributed by atoms with van der Waals surface area (Å²) in [5.74, 6) is -0.198. The zero-order chi connectivity index (χ0) is 27.5. The molecule has 0 atom stereocenters. The number of benzene rings is 1. The van der Waals surface area contributed by atoms with Crippen molar-refractivity contribution in [2.24, 2.45) is 0 Å². The molecule has 0 unspecified atom stereocenters. The first-order valence-electron chi connectivity index (χ1n) is 11.3. The molecule has 38 heavy (non-hydrogen) atoms. The number of sulfonamides is 1. The lowest BCUT2D eigenvalue weighted by Gasteiger charge is -2.24. The van der Waals surface area contributed by atoms with Crippen LogP contribution in [0.4, 0.5) is 34.9 Å². The first-order valence-corrected chi connectivity index (χ1v) is 12.8. The smallest absolute Gasteiger partial charge is 0.417 e. The van der Waals surface area contributed by atoms with Crippen molar-refractivity contribution < 1.29 is 30.7 Å². The predicted octanol–water partition coefficient (Wildman–Crippen LogP) is 4.03. The van der Waals surface area contributed by atoms with E-state index in [1.54, 1.807) is 0 Å². The number of pyridine rings is 2. The molecule has 1 fully saturated rings. The number of aromatic nitrogens is 2. The van der Waals surface area contributed by atoms with Gasteiger partial charge in [-0.25, -0.2) is 22.8 Å². The van der Waals surface area contributed by atoms with Crippen LogP contribution in [-0.4, -0.2) is 51.7 Å². The zero-order valence-corrected chi connectivity index (χ0v) is 20.9. The van der Waals surface area contributed by atoms with E-state index in [2.05, 4.69) is 14.7 Å². The maximum atomic E-state index is 14.0. The van der Waals surface area contributed by atoms with Gasteiger partial charge in [-0.1, -0.05) is 0 Å². The monoisotopic (exact) mass is 550 g/mol. The molecule has 1 aliphatic heterocycles. The molecule has 14 heteroatoms. The zero-order valence-electron chi connectivity index (χ0n) is 20.0. The van der Waals surface area contributed by atoms with Gasteiger partial charge >= 0.3 is 6.18 Å². The normalized spacial score (nSPS) is 14.5. The molecule has 1 aromatic carbocycles. The molecule has 1 N–H and O–H groups in total. The van der Waals surface area contributed by atoms with Gasteiger partial charge in [-0.15, -0.1) is 0 Å². The summed E-state index contributed by atoms with van der Waals surface area (Å²) in [7, 11) is -2.91. The van der Waals surface area contributed by atoms with Gasteiger partial charge in [0.15, 0.2) is 11.6 Å². The summed E-state index contributed by atoms with van der Waals surface area (Å²) in [6.07, 6.45) is -1.79. The van der Waals surface area contributed by atoms with Gasteiger partial charge in [0.25, 0.3) is 10.0 Å². The van der Waals surface area contributed by atoms with Crippen molar-refractivity contribution in [3.05, 3.63) is 65.7 Å². The van der Waals surface area contributed by atoms with Crippen LogP contribution >= 0.6 is 0 Å². The van der Waals surface area contributed by atoms with Crippen molar-refractivity contribution in [3.63, 3.8) is 0 Å². The van der Waals surface area contributed by atoms with Crippen LogP contribution in [0.15, 0.2) is 53.7 Å². The van der Waals surface area contributed by atoms with Gasteiger partial charge < -0.3 is 14.5 Å². The van der Waals surface area contributed by atoms with Crippen LogP contribution in [0.25, 0.3) is 0 Å². The van der Waals surface area contributed by atoms with E-state index in [-0.39, 0.29) is 21.9 Å². The van der Waals surface area contributed by atoms with Crippen molar-refractivity contribution in [2.45, 2.75) is 17.5 Å². The molecule has 0 radical (unpaired) electrons. The minimum Gasteiger partial charge on any atom is -0.494 e. The Morgan fingerprint density at radius 2 is 1.76 bits per heavy atom. The summed E-state index contributed by atoms with van der Waals surface area (Å²) in [6, 6.07) is 8.86. The Kier molecular flexibility index (Phi) is 7.58. The van der Waals surface area contributed by atoms with Gasteiger partial charge in [0.05, 0.1) is 35.0 Å². The van der Waals surface area contributed by atoms with E-state index in [1.165, 1.54) is 37.6 Å². The van der Waals surface area contributed by atoms with Crippen LogP contribution in [0, 0.1) is 17.1 Å². The van der Waals surface area contributed by atoms with Gasteiger partial charge in [-0.2, -0.15) is 18.4 Å². The summed E-state index contributed by atoms with van der Waals surface area (Å²) in [6.45, 7) is 1.87. The van der Waals surface area contributed by atoms with Crippen molar-refractivity contribution in [3.8, 4) is 11.8 Å². The van der Waals surface area contributed by atoms with Crippen molar-refractivity contribution in [1.29, 1.82) is 5.26 Å². The number of alkyl halides is 3. The molecule has 0 spiro atoms. The molecule has 3 aromatic rings. The summed E-state index contributed by atoms with van der Waals surface area (Å²) >= 11 is 0. The van der Waals surface area contributed by atoms with Gasteiger partial charge in [-0.05, 0) is 42.8 Å². The molecular weight excluding hydrogens is 528 g/mol. The topological polar surface area (TPSA) is 111 Å². The average Bonchev–Trinajstić information content (AvgIpc) is 3.14. The maximum absolute atomic E-state index is 14.0. The lowest BCUT2D eigenvalue weighted by Crippen LogP contribution is -2.32. The SMILES string of the molecule is COc1ccc(S(=O)(=O)Nc2cnc(N3CCCN(c4ccc(C(F)(F)F)cn4)CC3)c(C#N)c2)cc1F. The third-order valence-electron chi connectivity index (χ3n) is 5.87. The van der Waals surface area contributed by atoms with Gasteiger partial charge in [-0.3, -0.25) is 4.72 Å². The fourth-order valence-electron chi connectivity index (χ4n) is 3.98. The van der Waals surface area contributed by atoms with E-state index >= 15 is 0 Å². The molecule has 1 aliphatic rings. The maximum Gasteiger partial charge on any atom is 0.417 e. The van der Waals surface area contributed by atoms with Crippen molar-refractivity contribution >= 4 is 27.3 Å². The van der Waals surface area contributed by atoms with Crippen LogP contribution in [0.2, 0.25) is 0 Å². The third kappa shape index (κ3) is 5.88. The highest BCUT2D eigenvalue weighted by molar-refractivity contribution is 7.92. The second-order valence-electron chi connectivity index (χ2n) is 8.34. The largest absolute Gasteiger partial charge is 0.494 e. The Morgan fingerprint density at radius 1 is 1.03 bits per heavy atom. The number of hydrogen-bond donors (Lipinski definition) is 1. The number of hydrogen-bond acceptors (Lipinski definition) is 8. The van der Waals surface area contributed by atoms with Crippen LogP contribution in [0.5, 0.6) is 5.75 Å². The van der Waals surface area contributed by atoms with Crippen LogP contribution < -0.4 is 19.3 Å². The summed E-state index contributed by atoms with van der Waals surface area (Å²) in [4.78, 5) is 11.6. The van der Waals surface area contributed by atoms with Gasteiger partial charge in [0.2, 0.25) is 0 Å². The fraction of sp³-hybridized carbons (Fsp3) is 0.292.